The Hall–Kier alpha value is -4.10. The maximum atomic E-state index is 2.72. The van der Waals surface area contributed by atoms with Crippen molar-refractivity contribution in [3.05, 3.63) is 177 Å². The van der Waals surface area contributed by atoms with Crippen molar-refractivity contribution in [3.8, 4) is 44.5 Å². The molecule has 0 spiro atoms. The molecule has 2 aliphatic carbocycles. The van der Waals surface area contributed by atoms with Gasteiger partial charge in [0.15, 0.2) is 0 Å². The molecule has 0 N–H and O–H groups in total. The average molecular weight is 797 g/mol. The van der Waals surface area contributed by atoms with Gasteiger partial charge in [-0.2, -0.15) is 0 Å². The van der Waals surface area contributed by atoms with E-state index in [2.05, 4.69) is 188 Å². The van der Waals surface area contributed by atoms with Gasteiger partial charge in [-0.15, -0.1) is 0 Å². The first kappa shape index (κ1) is 36.9. The fraction of sp³-hybridized carbons (Fsp3) is 0.231. The second-order valence-corrected chi connectivity index (χ2v) is 36.2. The van der Waals surface area contributed by atoms with Crippen molar-refractivity contribution in [2.45, 2.75) is 74.7 Å². The molecule has 2 atom stereocenters. The Labute approximate surface area is 333 Å². The van der Waals surface area contributed by atoms with Crippen molar-refractivity contribution in [1.29, 1.82) is 0 Å². The fourth-order valence-electron chi connectivity index (χ4n) is 9.26. The van der Waals surface area contributed by atoms with Crippen LogP contribution < -0.4 is 0 Å². The first-order valence-electron chi connectivity index (χ1n) is 20.1. The number of hydrogen-bond acceptors (Lipinski definition) is 0. The summed E-state index contributed by atoms with van der Waals surface area (Å²) in [4.78, 5) is 0. The van der Waals surface area contributed by atoms with Crippen LogP contribution in [0.3, 0.4) is 0 Å². The normalized spacial score (nSPS) is 15.9. The molecule has 2 aliphatic rings. The van der Waals surface area contributed by atoms with E-state index < -0.39 is 26.8 Å². The number of aryl methyl sites for hydroxylation is 4. The number of hydrogen-bond donors (Lipinski definition) is 0. The van der Waals surface area contributed by atoms with Crippen molar-refractivity contribution in [3.63, 3.8) is 0 Å². The summed E-state index contributed by atoms with van der Waals surface area (Å²) in [6.45, 7) is 19.1. The van der Waals surface area contributed by atoms with E-state index >= 15 is 0 Å². The summed E-state index contributed by atoms with van der Waals surface area (Å²) < 4.78 is 1.08. The van der Waals surface area contributed by atoms with Crippen molar-refractivity contribution < 1.29 is 20.9 Å². The van der Waals surface area contributed by atoms with E-state index in [1.165, 1.54) is 77.9 Å². The van der Waals surface area contributed by atoms with Gasteiger partial charge in [0.2, 0.25) is 0 Å². The van der Waals surface area contributed by atoms with Crippen LogP contribution >= 0.6 is 0 Å². The Morgan fingerprint density at radius 1 is 0.407 bits per heavy atom. The Balaban J connectivity index is 1.40. The van der Waals surface area contributed by atoms with Gasteiger partial charge < -0.3 is 0 Å². The van der Waals surface area contributed by atoms with Crippen molar-refractivity contribution >= 4 is 18.1 Å². The molecular formula is C52H53SiZr. The van der Waals surface area contributed by atoms with Crippen LogP contribution in [0.15, 0.2) is 132 Å². The Bertz CT molecular complexity index is 2220. The SMILES string of the molecule is CCC1=Cc2c(-c3ccc(C)cc3)ccc(-c3ccc(C)cc3)c2[CH]1[Zr]([CH]1C(CC)=Cc2c(-c3ccc(C)cc3)ccc(-c3ccc(C)cc3)c21)[SiH](C)C. The van der Waals surface area contributed by atoms with Gasteiger partial charge in [-0.1, -0.05) is 0 Å². The average Bonchev–Trinajstić information content (AvgIpc) is 3.75. The first-order chi connectivity index (χ1) is 26.2. The van der Waals surface area contributed by atoms with E-state index in [1.807, 2.05) is 0 Å². The first-order valence-corrected chi connectivity index (χ1v) is 30.0. The molecule has 0 nitrogen and oxygen atoms in total. The van der Waals surface area contributed by atoms with Gasteiger partial charge in [0.05, 0.1) is 0 Å². The predicted octanol–water partition coefficient (Wildman–Crippen LogP) is 14.6. The zero-order valence-electron chi connectivity index (χ0n) is 33.3. The molecule has 0 aliphatic heterocycles. The maximum absolute atomic E-state index is 2.72. The molecule has 0 aromatic heterocycles. The topological polar surface area (TPSA) is 0 Å². The molecule has 54 heavy (non-hydrogen) atoms. The van der Waals surface area contributed by atoms with Crippen LogP contribution in [0.25, 0.3) is 56.7 Å². The summed E-state index contributed by atoms with van der Waals surface area (Å²) in [5, 5.41) is 0. The van der Waals surface area contributed by atoms with Crippen LogP contribution in [0.2, 0.25) is 13.1 Å². The summed E-state index contributed by atoms with van der Waals surface area (Å²) >= 11 is -2.48. The molecular weight excluding hydrogens is 744 g/mol. The molecule has 0 saturated heterocycles. The van der Waals surface area contributed by atoms with Crippen LogP contribution in [0.4, 0.5) is 0 Å². The van der Waals surface area contributed by atoms with E-state index in [0.717, 1.165) is 12.8 Å². The van der Waals surface area contributed by atoms with E-state index in [1.54, 1.807) is 22.3 Å². The number of rotatable bonds is 9. The zero-order chi connectivity index (χ0) is 37.7. The van der Waals surface area contributed by atoms with Gasteiger partial charge in [0.25, 0.3) is 0 Å². The number of fused-ring (bicyclic) bond motifs is 2. The van der Waals surface area contributed by atoms with E-state index in [-0.39, 0.29) is 0 Å². The molecule has 8 rings (SSSR count). The summed E-state index contributed by atoms with van der Waals surface area (Å²) in [5.41, 5.74) is 25.9. The van der Waals surface area contributed by atoms with Crippen LogP contribution in [0, 0.1) is 27.7 Å². The van der Waals surface area contributed by atoms with Crippen LogP contribution in [-0.4, -0.2) is 5.92 Å². The van der Waals surface area contributed by atoms with Crippen molar-refractivity contribution in [2.24, 2.45) is 0 Å². The second kappa shape index (κ2) is 15.2. The number of allylic oxidation sites excluding steroid dienone is 2. The third-order valence-corrected chi connectivity index (χ3v) is 33.8. The van der Waals surface area contributed by atoms with Gasteiger partial charge in [-0.3, -0.25) is 0 Å². The minimum absolute atomic E-state index is 0.542. The molecule has 6 aromatic rings. The molecule has 0 bridgehead atoms. The fourth-order valence-corrected chi connectivity index (χ4v) is 32.4. The Kier molecular flexibility index (Phi) is 10.4. The molecule has 269 valence electrons. The number of benzene rings is 6. The monoisotopic (exact) mass is 795 g/mol. The molecule has 0 fully saturated rings. The van der Waals surface area contributed by atoms with E-state index in [0.29, 0.717) is 7.25 Å². The van der Waals surface area contributed by atoms with E-state index in [9.17, 15) is 0 Å². The van der Waals surface area contributed by atoms with Gasteiger partial charge in [0.1, 0.15) is 0 Å². The molecule has 0 heterocycles. The van der Waals surface area contributed by atoms with Crippen LogP contribution in [0.1, 0.15) is 78.4 Å². The molecule has 2 unspecified atom stereocenters. The Morgan fingerprint density at radius 2 is 0.685 bits per heavy atom. The molecule has 0 saturated carbocycles. The van der Waals surface area contributed by atoms with Gasteiger partial charge in [-0.25, -0.2) is 0 Å². The third-order valence-electron chi connectivity index (χ3n) is 12.2. The quantitative estimate of drug-likeness (QED) is 0.128. The second-order valence-electron chi connectivity index (χ2n) is 16.1. The van der Waals surface area contributed by atoms with E-state index in [4.69, 9.17) is 0 Å². The van der Waals surface area contributed by atoms with Crippen molar-refractivity contribution in [2.75, 3.05) is 0 Å². The molecule has 0 amide bonds. The standard InChI is InChI=1S/2C25H23.C2H7Si.Zr/c2*1-4-19-15-24-22(20-9-5-17(2)6-10-20)13-14-23(25(24)16-19)21-11-7-18(3)8-12-21;1-3-2;/h2*5-16H,4H2,1-3H3;3H,1-2H3;. The molecule has 6 aromatic carbocycles. The molecule has 0 radical (unpaired) electrons. The van der Waals surface area contributed by atoms with Crippen LogP contribution in [-0.2, 0) is 20.9 Å². The van der Waals surface area contributed by atoms with Gasteiger partial charge in [0, 0.05) is 0 Å². The zero-order valence-corrected chi connectivity index (χ0v) is 37.0. The summed E-state index contributed by atoms with van der Waals surface area (Å²) in [6, 6.07) is 47.0. The van der Waals surface area contributed by atoms with Crippen molar-refractivity contribution in [1.82, 2.24) is 0 Å². The van der Waals surface area contributed by atoms with Crippen LogP contribution in [0.5, 0.6) is 0 Å². The minimum atomic E-state index is -2.48. The predicted molar refractivity (Wildman–Crippen MR) is 234 cm³/mol. The molecule has 2 heteroatoms. The van der Waals surface area contributed by atoms with Gasteiger partial charge in [-0.05, 0) is 0 Å². The summed E-state index contributed by atoms with van der Waals surface area (Å²) in [5.74, 6) is -1.14. The summed E-state index contributed by atoms with van der Waals surface area (Å²) in [6.07, 6.45) is 7.53. The van der Waals surface area contributed by atoms with Gasteiger partial charge >= 0.3 is 335 Å². The summed E-state index contributed by atoms with van der Waals surface area (Å²) in [7, 11) is 0. The Morgan fingerprint density at radius 3 is 0.963 bits per heavy atom. The third kappa shape index (κ3) is 6.65.